The highest BCUT2D eigenvalue weighted by Crippen LogP contribution is 2.22. The smallest absolute Gasteiger partial charge is 0.335 e. The second-order valence-corrected chi connectivity index (χ2v) is 6.97. The van der Waals surface area contributed by atoms with Crippen molar-refractivity contribution in [2.24, 2.45) is 10.9 Å². The largest absolute Gasteiger partial charge is 0.373 e. The van der Waals surface area contributed by atoms with Crippen LogP contribution in [0.1, 0.15) is 17.5 Å². The summed E-state index contributed by atoms with van der Waals surface area (Å²) in [4.78, 5) is 48.0. The number of carbonyl (C=O) groups is 1. The summed E-state index contributed by atoms with van der Waals surface area (Å²) in [7, 11) is 0. The van der Waals surface area contributed by atoms with Gasteiger partial charge in [0.05, 0.1) is 23.7 Å². The fourth-order valence-corrected chi connectivity index (χ4v) is 2.95. The molecular weight excluding hydrogens is 410 g/mol. The molecule has 1 heterocycles. The van der Waals surface area contributed by atoms with E-state index in [1.54, 1.807) is 24.3 Å². The van der Waals surface area contributed by atoms with Gasteiger partial charge in [-0.1, -0.05) is 53.6 Å². The van der Waals surface area contributed by atoms with Gasteiger partial charge >= 0.3 is 17.3 Å². The molecule has 3 N–H and O–H groups in total. The average Bonchev–Trinajstić information content (AvgIpc) is 2.73. The molecule has 0 saturated carbocycles. The van der Waals surface area contributed by atoms with E-state index in [-0.39, 0.29) is 25.1 Å². The first-order valence-corrected chi connectivity index (χ1v) is 9.45. The Balaban J connectivity index is 2.16. The van der Waals surface area contributed by atoms with Crippen LogP contribution in [0.25, 0.3) is 0 Å². The molecule has 156 valence electrons. The third-order valence-electron chi connectivity index (χ3n) is 4.39. The maximum atomic E-state index is 13.1. The number of aromatic nitrogens is 3. The number of aromatic amines is 1. The summed E-state index contributed by atoms with van der Waals surface area (Å²) >= 11 is 6.17. The molecule has 3 aromatic rings. The Labute approximate surface area is 176 Å². The van der Waals surface area contributed by atoms with Crippen LogP contribution in [0, 0.1) is 6.92 Å². The molecule has 2 aromatic carbocycles. The first kappa shape index (κ1) is 21.3. The van der Waals surface area contributed by atoms with Crippen LogP contribution in [0.4, 0.5) is 5.69 Å². The van der Waals surface area contributed by atoms with E-state index in [2.05, 4.69) is 14.8 Å². The number of nitrogens with two attached hydrogens (primary N) is 1. The van der Waals surface area contributed by atoms with Crippen molar-refractivity contribution in [1.82, 2.24) is 14.1 Å². The van der Waals surface area contributed by atoms with Gasteiger partial charge in [0.1, 0.15) is 0 Å². The number of halogens is 1. The summed E-state index contributed by atoms with van der Waals surface area (Å²) in [5.41, 5.74) is 1.00. The van der Waals surface area contributed by atoms with Gasteiger partial charge < -0.3 is 4.84 Å². The molecule has 0 fully saturated rings. The zero-order chi connectivity index (χ0) is 21.7. The molecule has 0 amide bonds. The second kappa shape index (κ2) is 9.38. The molecule has 0 radical (unpaired) electrons. The maximum Gasteiger partial charge on any atom is 0.335 e. The molecule has 3 rings (SSSR count). The number of hydrogen-bond donors (Lipinski definition) is 2. The first-order valence-electron chi connectivity index (χ1n) is 9.07. The van der Waals surface area contributed by atoms with E-state index in [1.165, 1.54) is 4.57 Å². The standard InChI is InChI=1S/C20H20ClN5O4/c1-13-6-8-14(9-7-13)12-26-18(23-16-5-3-2-4-15(16)21)24-19(28)25(20(26)29)11-10-17(27)30-22/h2-9H,10-12,22H2,1H3,(H,23,24,28). The highest BCUT2D eigenvalue weighted by atomic mass is 35.5. The number of carbonyl (C=O) groups excluding carboxylic acids is 1. The van der Waals surface area contributed by atoms with E-state index in [9.17, 15) is 14.4 Å². The molecule has 0 unspecified atom stereocenters. The van der Waals surface area contributed by atoms with Gasteiger partial charge in [-0.05, 0) is 24.6 Å². The minimum absolute atomic E-state index is 0.0383. The van der Waals surface area contributed by atoms with Gasteiger partial charge in [0.2, 0.25) is 5.62 Å². The first-order chi connectivity index (χ1) is 14.4. The Morgan fingerprint density at radius 3 is 2.50 bits per heavy atom. The van der Waals surface area contributed by atoms with Gasteiger partial charge in [-0.2, -0.15) is 5.90 Å². The van der Waals surface area contributed by atoms with Gasteiger partial charge in [0.15, 0.2) is 0 Å². The third-order valence-corrected chi connectivity index (χ3v) is 4.71. The van der Waals surface area contributed by atoms with Crippen LogP contribution in [-0.2, 0) is 22.7 Å². The summed E-state index contributed by atoms with van der Waals surface area (Å²) in [5, 5.41) is 0.370. The van der Waals surface area contributed by atoms with E-state index in [0.29, 0.717) is 10.7 Å². The number of benzene rings is 2. The quantitative estimate of drug-likeness (QED) is 0.573. The highest BCUT2D eigenvalue weighted by Gasteiger charge is 2.12. The van der Waals surface area contributed by atoms with Crippen LogP contribution >= 0.6 is 11.6 Å². The van der Waals surface area contributed by atoms with E-state index >= 15 is 0 Å². The lowest BCUT2D eigenvalue weighted by Crippen LogP contribution is -2.50. The molecular formula is C20H20ClN5O4. The van der Waals surface area contributed by atoms with Gasteiger partial charge in [0.25, 0.3) is 0 Å². The molecule has 0 atom stereocenters. The number of rotatable bonds is 6. The van der Waals surface area contributed by atoms with E-state index in [4.69, 9.17) is 17.5 Å². The number of aryl methyl sites for hydroxylation is 1. The van der Waals surface area contributed by atoms with Crippen molar-refractivity contribution in [1.29, 1.82) is 0 Å². The number of nitrogens with one attached hydrogen (secondary N) is 1. The van der Waals surface area contributed by atoms with Crippen LogP contribution in [0.5, 0.6) is 0 Å². The SMILES string of the molecule is Cc1ccc(Cn2c(=O)n(CCC(=O)ON)c(=O)[nH]/c2=N\c2ccccc2Cl)cc1. The number of para-hydroxylation sites is 1. The lowest BCUT2D eigenvalue weighted by Gasteiger charge is -2.11. The Bertz CT molecular complexity index is 1240. The van der Waals surface area contributed by atoms with Crippen molar-refractivity contribution in [3.63, 3.8) is 0 Å². The Kier molecular flexibility index (Phi) is 6.65. The fourth-order valence-electron chi connectivity index (χ4n) is 2.78. The fraction of sp³-hybridized carbons (Fsp3) is 0.200. The lowest BCUT2D eigenvalue weighted by molar-refractivity contribution is -0.144. The molecule has 0 spiro atoms. The van der Waals surface area contributed by atoms with Crippen molar-refractivity contribution in [3.8, 4) is 0 Å². The van der Waals surface area contributed by atoms with Crippen LogP contribution in [0.2, 0.25) is 5.02 Å². The Morgan fingerprint density at radius 2 is 1.83 bits per heavy atom. The summed E-state index contributed by atoms with van der Waals surface area (Å²) in [6.07, 6.45) is -0.231. The summed E-state index contributed by atoms with van der Waals surface area (Å²) in [6, 6.07) is 14.4. The minimum Gasteiger partial charge on any atom is -0.373 e. The van der Waals surface area contributed by atoms with Crippen LogP contribution in [-0.4, -0.2) is 20.1 Å². The van der Waals surface area contributed by atoms with Gasteiger partial charge in [-0.25, -0.2) is 19.1 Å². The van der Waals surface area contributed by atoms with Crippen molar-refractivity contribution in [3.05, 3.63) is 91.3 Å². The van der Waals surface area contributed by atoms with Crippen molar-refractivity contribution in [2.45, 2.75) is 26.4 Å². The summed E-state index contributed by atoms with van der Waals surface area (Å²) in [5.74, 6) is 4.09. The lowest BCUT2D eigenvalue weighted by atomic mass is 10.1. The second-order valence-electron chi connectivity index (χ2n) is 6.56. The van der Waals surface area contributed by atoms with Crippen molar-refractivity contribution in [2.75, 3.05) is 0 Å². The Hall–Kier alpha value is -3.43. The molecule has 1 aromatic heterocycles. The zero-order valence-corrected chi connectivity index (χ0v) is 16.9. The molecule has 9 nitrogen and oxygen atoms in total. The molecule has 0 aliphatic rings. The highest BCUT2D eigenvalue weighted by molar-refractivity contribution is 6.32. The monoisotopic (exact) mass is 429 g/mol. The minimum atomic E-state index is -0.740. The van der Waals surface area contributed by atoms with Crippen LogP contribution in [0.3, 0.4) is 0 Å². The molecule has 0 saturated heterocycles. The van der Waals surface area contributed by atoms with Crippen LogP contribution in [0.15, 0.2) is 63.1 Å². The zero-order valence-electron chi connectivity index (χ0n) is 16.2. The molecule has 0 aliphatic heterocycles. The predicted molar refractivity (Wildman–Crippen MR) is 111 cm³/mol. The van der Waals surface area contributed by atoms with Crippen molar-refractivity contribution < 1.29 is 9.63 Å². The average molecular weight is 430 g/mol. The molecule has 0 aliphatic carbocycles. The normalized spacial score (nSPS) is 11.5. The molecule has 10 heteroatoms. The van der Waals surface area contributed by atoms with Crippen molar-refractivity contribution >= 4 is 23.3 Å². The maximum absolute atomic E-state index is 13.1. The summed E-state index contributed by atoms with van der Waals surface area (Å²) in [6.45, 7) is 1.92. The van der Waals surface area contributed by atoms with E-state index < -0.39 is 17.3 Å². The molecule has 30 heavy (non-hydrogen) atoms. The Morgan fingerprint density at radius 1 is 1.13 bits per heavy atom. The molecule has 0 bridgehead atoms. The third kappa shape index (κ3) is 4.94. The van der Waals surface area contributed by atoms with Gasteiger partial charge in [0, 0.05) is 6.54 Å². The van der Waals surface area contributed by atoms with Gasteiger partial charge in [-0.15, -0.1) is 0 Å². The van der Waals surface area contributed by atoms with E-state index in [0.717, 1.165) is 15.7 Å². The van der Waals surface area contributed by atoms with Crippen LogP contribution < -0.4 is 22.9 Å². The number of hydrogen-bond acceptors (Lipinski definition) is 6. The number of H-pyrrole nitrogens is 1. The predicted octanol–water partition coefficient (Wildman–Crippen LogP) is 1.39. The number of nitrogens with zero attached hydrogens (tertiary/aromatic N) is 3. The topological polar surface area (TPSA) is 124 Å². The summed E-state index contributed by atoms with van der Waals surface area (Å²) < 4.78 is 2.21. The van der Waals surface area contributed by atoms with E-state index in [1.807, 2.05) is 31.2 Å². The van der Waals surface area contributed by atoms with Gasteiger partial charge in [-0.3, -0.25) is 14.3 Å².